The number of methoxy groups -OCH3 is 2. The van der Waals surface area contributed by atoms with E-state index in [2.05, 4.69) is 0 Å². The number of hydrogen-bond acceptors (Lipinski definition) is 4. The highest BCUT2D eigenvalue weighted by atomic mass is 16.5. The number of phenolic OH excluding ortho intramolecular Hbond substituents is 1. The summed E-state index contributed by atoms with van der Waals surface area (Å²) in [5.74, 6) is 0.472. The van der Waals surface area contributed by atoms with E-state index in [1.54, 1.807) is 18.2 Å². The highest BCUT2D eigenvalue weighted by Crippen LogP contribution is 2.46. The third-order valence-corrected chi connectivity index (χ3v) is 4.53. The van der Waals surface area contributed by atoms with Gasteiger partial charge in [0.25, 0.3) is 0 Å². The number of phenols is 1. The summed E-state index contributed by atoms with van der Waals surface area (Å²) in [6, 6.07) is 15.1. The molecule has 124 valence electrons. The smallest absolute Gasteiger partial charge is 0.228 e. The molecule has 0 spiro atoms. The monoisotopic (exact) mass is 332 g/mol. The molecule has 4 nitrogen and oxygen atoms in total. The van der Waals surface area contributed by atoms with Crippen molar-refractivity contribution < 1.29 is 19.4 Å². The van der Waals surface area contributed by atoms with Gasteiger partial charge < -0.3 is 14.6 Å². The number of aromatic hydroxyl groups is 1. The molecular formula is C21H16O4. The normalized spacial score (nSPS) is 12.9. The van der Waals surface area contributed by atoms with E-state index in [0.29, 0.717) is 22.1 Å². The Labute approximate surface area is 144 Å². The number of carbonyl (C=O) groups is 1. The molecule has 0 bridgehead atoms. The summed E-state index contributed by atoms with van der Waals surface area (Å²) in [4.78, 5) is 12.6. The van der Waals surface area contributed by atoms with E-state index in [1.165, 1.54) is 14.2 Å². The first-order valence-electron chi connectivity index (χ1n) is 7.88. The van der Waals surface area contributed by atoms with Gasteiger partial charge in [0.15, 0.2) is 17.3 Å². The van der Waals surface area contributed by atoms with Crippen LogP contribution < -0.4 is 4.74 Å². The molecule has 0 saturated carbocycles. The van der Waals surface area contributed by atoms with E-state index in [4.69, 9.17) is 9.47 Å². The molecule has 25 heavy (non-hydrogen) atoms. The Morgan fingerprint density at radius 3 is 2.28 bits per heavy atom. The molecule has 3 aromatic rings. The molecule has 0 saturated heterocycles. The average Bonchev–Trinajstić information content (AvgIpc) is 2.66. The Balaban J connectivity index is 2.17. The van der Waals surface area contributed by atoms with Gasteiger partial charge in [0.05, 0.1) is 14.2 Å². The zero-order valence-electron chi connectivity index (χ0n) is 13.9. The van der Waals surface area contributed by atoms with E-state index < -0.39 is 0 Å². The van der Waals surface area contributed by atoms with Gasteiger partial charge >= 0.3 is 0 Å². The molecule has 0 radical (unpaired) electrons. The lowest BCUT2D eigenvalue weighted by Gasteiger charge is -2.20. The Hall–Kier alpha value is -3.27. The quantitative estimate of drug-likeness (QED) is 0.772. The Bertz CT molecular complexity index is 1030. The standard InChI is InChI=1S/C21H16O4/c1-24-16-10-13-11-17(25-2)21(23)19-14(12-6-4-3-5-7-12)8-9-15(18(13)19)20(16)22/h3-11,23H,1-2H3. The van der Waals surface area contributed by atoms with Gasteiger partial charge in [0.1, 0.15) is 0 Å². The van der Waals surface area contributed by atoms with Crippen LogP contribution in [0.25, 0.3) is 28.0 Å². The molecule has 0 amide bonds. The number of ether oxygens (including phenoxy) is 2. The van der Waals surface area contributed by atoms with Crippen LogP contribution in [-0.2, 0) is 4.74 Å². The summed E-state index contributed by atoms with van der Waals surface area (Å²) in [5.41, 5.74) is 3.10. The highest BCUT2D eigenvalue weighted by Gasteiger charge is 2.27. The average molecular weight is 332 g/mol. The molecule has 1 N–H and O–H groups in total. The second kappa shape index (κ2) is 5.67. The summed E-state index contributed by atoms with van der Waals surface area (Å²) in [6.07, 6.45) is 1.69. The second-order valence-electron chi connectivity index (χ2n) is 5.84. The summed E-state index contributed by atoms with van der Waals surface area (Å²) < 4.78 is 10.6. The zero-order chi connectivity index (χ0) is 17.6. The predicted molar refractivity (Wildman–Crippen MR) is 96.9 cm³/mol. The van der Waals surface area contributed by atoms with Crippen molar-refractivity contribution in [3.8, 4) is 22.6 Å². The van der Waals surface area contributed by atoms with E-state index in [-0.39, 0.29) is 17.3 Å². The summed E-state index contributed by atoms with van der Waals surface area (Å²) in [7, 11) is 2.98. The minimum absolute atomic E-state index is 0.0315. The molecule has 4 heteroatoms. The van der Waals surface area contributed by atoms with Crippen LogP contribution in [0.2, 0.25) is 0 Å². The SMILES string of the molecule is COC1=Cc2cc(OC)c(O)c3c(-c4ccccc4)ccc(c23)C1=O. The van der Waals surface area contributed by atoms with E-state index >= 15 is 0 Å². The molecular weight excluding hydrogens is 316 g/mol. The first-order chi connectivity index (χ1) is 12.2. The first-order valence-corrected chi connectivity index (χ1v) is 7.88. The van der Waals surface area contributed by atoms with Gasteiger partial charge in [-0.15, -0.1) is 0 Å². The van der Waals surface area contributed by atoms with Gasteiger partial charge in [0.2, 0.25) is 5.78 Å². The zero-order valence-corrected chi connectivity index (χ0v) is 13.9. The molecule has 0 aromatic heterocycles. The van der Waals surface area contributed by atoms with Crippen molar-refractivity contribution in [1.82, 2.24) is 0 Å². The maximum atomic E-state index is 12.6. The van der Waals surface area contributed by atoms with E-state index in [9.17, 15) is 9.90 Å². The van der Waals surface area contributed by atoms with Crippen LogP contribution in [0.5, 0.6) is 11.5 Å². The Morgan fingerprint density at radius 2 is 1.60 bits per heavy atom. The fraction of sp³-hybridized carbons (Fsp3) is 0.0952. The van der Waals surface area contributed by atoms with Crippen molar-refractivity contribution in [1.29, 1.82) is 0 Å². The van der Waals surface area contributed by atoms with Crippen molar-refractivity contribution in [3.63, 3.8) is 0 Å². The van der Waals surface area contributed by atoms with E-state index in [0.717, 1.165) is 16.7 Å². The van der Waals surface area contributed by atoms with Crippen molar-refractivity contribution in [2.75, 3.05) is 14.2 Å². The third kappa shape index (κ3) is 2.18. The van der Waals surface area contributed by atoms with Gasteiger partial charge in [-0.05, 0) is 34.9 Å². The van der Waals surface area contributed by atoms with Crippen LogP contribution in [0.15, 0.2) is 54.3 Å². The van der Waals surface area contributed by atoms with Crippen molar-refractivity contribution >= 4 is 22.6 Å². The molecule has 0 atom stereocenters. The number of ketones is 1. The fourth-order valence-corrected chi connectivity index (χ4v) is 3.36. The fourth-order valence-electron chi connectivity index (χ4n) is 3.36. The molecule has 4 rings (SSSR count). The first kappa shape index (κ1) is 15.3. The Kier molecular flexibility index (Phi) is 3.46. The van der Waals surface area contributed by atoms with Crippen LogP contribution in [-0.4, -0.2) is 25.1 Å². The van der Waals surface area contributed by atoms with Gasteiger partial charge in [-0.2, -0.15) is 0 Å². The lowest BCUT2D eigenvalue weighted by Crippen LogP contribution is -2.11. The van der Waals surface area contributed by atoms with Crippen LogP contribution in [0.4, 0.5) is 0 Å². The molecule has 3 aromatic carbocycles. The lowest BCUT2D eigenvalue weighted by atomic mass is 9.86. The van der Waals surface area contributed by atoms with E-state index in [1.807, 2.05) is 36.4 Å². The summed E-state index contributed by atoms with van der Waals surface area (Å²) >= 11 is 0. The van der Waals surface area contributed by atoms with Crippen LogP contribution in [0.3, 0.4) is 0 Å². The van der Waals surface area contributed by atoms with Gasteiger partial charge in [-0.1, -0.05) is 36.4 Å². The van der Waals surface area contributed by atoms with Crippen molar-refractivity contribution in [2.45, 2.75) is 0 Å². The molecule has 0 heterocycles. The predicted octanol–water partition coefficient (Wildman–Crippen LogP) is 4.40. The van der Waals surface area contributed by atoms with Crippen LogP contribution in [0.1, 0.15) is 15.9 Å². The molecule has 0 unspecified atom stereocenters. The van der Waals surface area contributed by atoms with Crippen LogP contribution >= 0.6 is 0 Å². The van der Waals surface area contributed by atoms with Crippen LogP contribution in [0, 0.1) is 0 Å². The molecule has 0 aliphatic heterocycles. The second-order valence-corrected chi connectivity index (χ2v) is 5.84. The van der Waals surface area contributed by atoms with Gasteiger partial charge in [-0.25, -0.2) is 0 Å². The highest BCUT2D eigenvalue weighted by molar-refractivity contribution is 6.24. The minimum Gasteiger partial charge on any atom is -0.504 e. The van der Waals surface area contributed by atoms with Crippen molar-refractivity contribution in [2.24, 2.45) is 0 Å². The molecule has 0 fully saturated rings. The maximum absolute atomic E-state index is 12.6. The third-order valence-electron chi connectivity index (χ3n) is 4.53. The number of allylic oxidation sites excluding steroid dienone is 1. The number of rotatable bonds is 3. The van der Waals surface area contributed by atoms with Gasteiger partial charge in [-0.3, -0.25) is 4.79 Å². The van der Waals surface area contributed by atoms with Crippen molar-refractivity contribution in [3.05, 3.63) is 65.4 Å². The number of hydrogen-bond donors (Lipinski definition) is 1. The molecule has 1 aliphatic carbocycles. The summed E-state index contributed by atoms with van der Waals surface area (Å²) in [5, 5.41) is 12.1. The summed E-state index contributed by atoms with van der Waals surface area (Å²) in [6.45, 7) is 0. The topological polar surface area (TPSA) is 55.8 Å². The minimum atomic E-state index is -0.191. The Morgan fingerprint density at radius 1 is 0.880 bits per heavy atom. The number of benzene rings is 3. The largest absolute Gasteiger partial charge is 0.504 e. The number of Topliss-reactive ketones (excluding diaryl/α,β-unsaturated/α-hetero) is 1. The maximum Gasteiger partial charge on any atom is 0.228 e. The lowest BCUT2D eigenvalue weighted by molar-refractivity contribution is 0.0957. The number of carbonyl (C=O) groups excluding carboxylic acids is 1. The van der Waals surface area contributed by atoms with Gasteiger partial charge in [0, 0.05) is 16.3 Å². The molecule has 1 aliphatic rings.